The van der Waals surface area contributed by atoms with Crippen LogP contribution in [-0.4, -0.2) is 27.6 Å². The summed E-state index contributed by atoms with van der Waals surface area (Å²) in [4.78, 5) is 21.4. The van der Waals surface area contributed by atoms with Gasteiger partial charge in [-0.1, -0.05) is 18.0 Å². The SMILES string of the molecule is Cc1cc(-c2cnc(C)nc2C2CCC(CNC(=O)CC3CCCC3)CC2)on1. The summed E-state index contributed by atoms with van der Waals surface area (Å²) in [7, 11) is 0. The highest BCUT2D eigenvalue weighted by molar-refractivity contribution is 5.76. The lowest BCUT2D eigenvalue weighted by Crippen LogP contribution is -2.32. The summed E-state index contributed by atoms with van der Waals surface area (Å²) >= 11 is 0. The van der Waals surface area contributed by atoms with Crippen LogP contribution in [0.1, 0.15) is 80.9 Å². The van der Waals surface area contributed by atoms with Crippen molar-refractivity contribution in [1.29, 1.82) is 0 Å². The summed E-state index contributed by atoms with van der Waals surface area (Å²) in [5, 5.41) is 7.22. The van der Waals surface area contributed by atoms with Crippen LogP contribution in [0.3, 0.4) is 0 Å². The zero-order valence-electron chi connectivity index (χ0n) is 17.6. The zero-order valence-corrected chi connectivity index (χ0v) is 17.6. The molecule has 0 atom stereocenters. The molecule has 2 aliphatic carbocycles. The Labute approximate surface area is 172 Å². The van der Waals surface area contributed by atoms with Gasteiger partial charge >= 0.3 is 0 Å². The molecule has 2 aliphatic rings. The van der Waals surface area contributed by atoms with E-state index in [0.29, 0.717) is 17.8 Å². The fraction of sp³-hybridized carbons (Fsp3) is 0.652. The molecule has 29 heavy (non-hydrogen) atoms. The molecule has 0 aliphatic heterocycles. The maximum Gasteiger partial charge on any atom is 0.220 e. The lowest BCUT2D eigenvalue weighted by atomic mass is 9.79. The molecule has 0 aromatic carbocycles. The Kier molecular flexibility index (Phi) is 6.26. The molecule has 6 heteroatoms. The minimum absolute atomic E-state index is 0.244. The first-order valence-corrected chi connectivity index (χ1v) is 11.1. The van der Waals surface area contributed by atoms with Crippen LogP contribution in [0.4, 0.5) is 0 Å². The van der Waals surface area contributed by atoms with Gasteiger partial charge in [-0.05, 0) is 64.2 Å². The molecule has 1 amide bonds. The van der Waals surface area contributed by atoms with Crippen LogP contribution in [0.25, 0.3) is 11.3 Å². The molecule has 0 spiro atoms. The highest BCUT2D eigenvalue weighted by Gasteiger charge is 2.27. The number of rotatable bonds is 6. The third kappa shape index (κ3) is 5.03. The Bertz CT molecular complexity index is 833. The van der Waals surface area contributed by atoms with Gasteiger partial charge in [-0.3, -0.25) is 4.79 Å². The highest BCUT2D eigenvalue weighted by Crippen LogP contribution is 2.39. The number of hydrogen-bond acceptors (Lipinski definition) is 5. The third-order valence-corrected chi connectivity index (χ3v) is 6.60. The van der Waals surface area contributed by atoms with Crippen LogP contribution >= 0.6 is 0 Å². The predicted molar refractivity (Wildman–Crippen MR) is 111 cm³/mol. The van der Waals surface area contributed by atoms with Gasteiger partial charge in [-0.15, -0.1) is 0 Å². The van der Waals surface area contributed by atoms with Crippen LogP contribution < -0.4 is 5.32 Å². The van der Waals surface area contributed by atoms with Crippen molar-refractivity contribution in [3.63, 3.8) is 0 Å². The maximum atomic E-state index is 12.2. The molecular formula is C23H32N4O2. The second-order valence-electron chi connectivity index (χ2n) is 8.93. The number of hydrogen-bond donors (Lipinski definition) is 1. The highest BCUT2D eigenvalue weighted by atomic mass is 16.5. The van der Waals surface area contributed by atoms with Gasteiger partial charge < -0.3 is 9.84 Å². The number of carbonyl (C=O) groups excluding carboxylic acids is 1. The lowest BCUT2D eigenvalue weighted by molar-refractivity contribution is -0.122. The second-order valence-corrected chi connectivity index (χ2v) is 8.93. The molecule has 2 saturated carbocycles. The number of carbonyl (C=O) groups is 1. The van der Waals surface area contributed by atoms with Crippen LogP contribution in [0.15, 0.2) is 16.8 Å². The van der Waals surface area contributed by atoms with Gasteiger partial charge in [0, 0.05) is 31.1 Å². The van der Waals surface area contributed by atoms with Crippen molar-refractivity contribution in [2.24, 2.45) is 11.8 Å². The fourth-order valence-electron chi connectivity index (χ4n) is 4.93. The molecule has 0 radical (unpaired) electrons. The average molecular weight is 397 g/mol. The van der Waals surface area contributed by atoms with Crippen molar-refractivity contribution in [3.05, 3.63) is 29.5 Å². The minimum Gasteiger partial charge on any atom is -0.356 e. The molecule has 0 bridgehead atoms. The standard InChI is InChI=1S/C23H32N4O2/c1-15-11-21(29-27-15)20-14-24-16(2)26-23(20)19-9-7-18(8-10-19)13-25-22(28)12-17-5-3-4-6-17/h11,14,17-19H,3-10,12-13H2,1-2H3,(H,25,28). The molecule has 6 nitrogen and oxygen atoms in total. The van der Waals surface area contributed by atoms with E-state index in [4.69, 9.17) is 9.51 Å². The van der Waals surface area contributed by atoms with Crippen LogP contribution in [0.2, 0.25) is 0 Å². The Balaban J connectivity index is 1.32. The molecule has 2 fully saturated rings. The van der Waals surface area contributed by atoms with Gasteiger partial charge in [0.25, 0.3) is 0 Å². The maximum absolute atomic E-state index is 12.2. The predicted octanol–water partition coefficient (Wildman–Crippen LogP) is 4.72. The van der Waals surface area contributed by atoms with E-state index < -0.39 is 0 Å². The molecule has 2 aromatic heterocycles. The van der Waals surface area contributed by atoms with Crippen molar-refractivity contribution in [3.8, 4) is 11.3 Å². The molecule has 1 N–H and O–H groups in total. The molecule has 4 rings (SSSR count). The van der Waals surface area contributed by atoms with E-state index in [0.717, 1.165) is 67.2 Å². The van der Waals surface area contributed by atoms with Gasteiger partial charge in [0.1, 0.15) is 5.82 Å². The summed E-state index contributed by atoms with van der Waals surface area (Å²) < 4.78 is 5.48. The van der Waals surface area contributed by atoms with Gasteiger partial charge in [-0.25, -0.2) is 9.97 Å². The van der Waals surface area contributed by atoms with E-state index in [-0.39, 0.29) is 5.91 Å². The van der Waals surface area contributed by atoms with Gasteiger partial charge in [-0.2, -0.15) is 0 Å². The van der Waals surface area contributed by atoms with Crippen molar-refractivity contribution >= 4 is 5.91 Å². The quantitative estimate of drug-likeness (QED) is 0.764. The van der Waals surface area contributed by atoms with E-state index in [1.807, 2.05) is 26.1 Å². The van der Waals surface area contributed by atoms with Crippen molar-refractivity contribution in [2.75, 3.05) is 6.54 Å². The van der Waals surface area contributed by atoms with E-state index in [9.17, 15) is 4.79 Å². The van der Waals surface area contributed by atoms with Gasteiger partial charge in [0.2, 0.25) is 5.91 Å². The van der Waals surface area contributed by atoms with Crippen LogP contribution in [-0.2, 0) is 4.79 Å². The van der Waals surface area contributed by atoms with Crippen molar-refractivity contribution in [1.82, 2.24) is 20.4 Å². The molecule has 0 unspecified atom stereocenters. The van der Waals surface area contributed by atoms with E-state index in [1.165, 1.54) is 25.7 Å². The van der Waals surface area contributed by atoms with E-state index >= 15 is 0 Å². The van der Waals surface area contributed by atoms with E-state index in [2.05, 4.69) is 15.5 Å². The number of nitrogens with one attached hydrogen (secondary N) is 1. The summed E-state index contributed by atoms with van der Waals surface area (Å²) in [6.07, 6.45) is 12.0. The largest absolute Gasteiger partial charge is 0.356 e. The van der Waals surface area contributed by atoms with Crippen LogP contribution in [0.5, 0.6) is 0 Å². The lowest BCUT2D eigenvalue weighted by Gasteiger charge is -2.29. The van der Waals surface area contributed by atoms with Crippen molar-refractivity contribution in [2.45, 2.75) is 77.6 Å². The summed E-state index contributed by atoms with van der Waals surface area (Å²) in [6, 6.07) is 1.95. The number of aryl methyl sites for hydroxylation is 2. The smallest absolute Gasteiger partial charge is 0.220 e. The van der Waals surface area contributed by atoms with Crippen LogP contribution in [0, 0.1) is 25.7 Å². The monoisotopic (exact) mass is 396 g/mol. The first kappa shape index (κ1) is 20.0. The number of nitrogens with zero attached hydrogens (tertiary/aromatic N) is 3. The Morgan fingerprint density at radius 3 is 2.55 bits per heavy atom. The fourth-order valence-corrected chi connectivity index (χ4v) is 4.93. The molecule has 156 valence electrons. The molecular weight excluding hydrogens is 364 g/mol. The third-order valence-electron chi connectivity index (χ3n) is 6.60. The summed E-state index contributed by atoms with van der Waals surface area (Å²) in [6.45, 7) is 4.67. The average Bonchev–Trinajstić information content (AvgIpc) is 3.38. The molecule has 2 aromatic rings. The summed E-state index contributed by atoms with van der Waals surface area (Å²) in [5.74, 6) is 3.37. The first-order chi connectivity index (χ1) is 14.1. The second kappa shape index (κ2) is 9.06. The zero-order chi connectivity index (χ0) is 20.2. The first-order valence-electron chi connectivity index (χ1n) is 11.1. The van der Waals surface area contributed by atoms with Gasteiger partial charge in [0.15, 0.2) is 5.76 Å². The van der Waals surface area contributed by atoms with Crippen molar-refractivity contribution < 1.29 is 9.32 Å². The number of aromatic nitrogens is 3. The molecule has 0 saturated heterocycles. The molecule has 2 heterocycles. The minimum atomic E-state index is 0.244. The topological polar surface area (TPSA) is 80.9 Å². The normalized spacial score (nSPS) is 22.7. The number of amides is 1. The Morgan fingerprint density at radius 1 is 1.10 bits per heavy atom. The van der Waals surface area contributed by atoms with Gasteiger partial charge in [0.05, 0.1) is 17.0 Å². The Hall–Kier alpha value is -2.24. The summed E-state index contributed by atoms with van der Waals surface area (Å²) in [5.41, 5.74) is 2.91. The van der Waals surface area contributed by atoms with E-state index in [1.54, 1.807) is 0 Å². The Morgan fingerprint density at radius 2 is 1.86 bits per heavy atom.